The van der Waals surface area contributed by atoms with Gasteiger partial charge in [-0.3, -0.25) is 14.5 Å². The highest BCUT2D eigenvalue weighted by Gasteiger charge is 2.28. The Balaban J connectivity index is 1.65. The topological polar surface area (TPSA) is 78.5 Å². The third-order valence-corrected chi connectivity index (χ3v) is 4.56. The van der Waals surface area contributed by atoms with Gasteiger partial charge in [0.2, 0.25) is 11.8 Å². The molecule has 1 atom stereocenters. The number of nitrogens with one attached hydrogen (secondary N) is 2. The van der Waals surface area contributed by atoms with E-state index in [1.165, 1.54) is 32.1 Å². The van der Waals surface area contributed by atoms with Crippen molar-refractivity contribution in [2.75, 3.05) is 19.6 Å². The van der Waals surface area contributed by atoms with Crippen LogP contribution in [0.4, 0.5) is 4.79 Å². The molecule has 0 spiro atoms. The van der Waals surface area contributed by atoms with Gasteiger partial charge in [-0.2, -0.15) is 0 Å². The Morgan fingerprint density at radius 1 is 1.33 bits per heavy atom. The van der Waals surface area contributed by atoms with E-state index in [2.05, 4.69) is 17.6 Å². The molecule has 1 aliphatic carbocycles. The number of hydrogen-bond donors (Lipinski definition) is 2. The second-order valence-corrected chi connectivity index (χ2v) is 6.13. The van der Waals surface area contributed by atoms with Crippen molar-refractivity contribution in [3.05, 3.63) is 0 Å². The lowest BCUT2D eigenvalue weighted by molar-refractivity contribution is -0.126. The maximum absolute atomic E-state index is 11.9. The minimum Gasteiger partial charge on any atom is -0.354 e. The van der Waals surface area contributed by atoms with E-state index >= 15 is 0 Å². The van der Waals surface area contributed by atoms with Gasteiger partial charge in [0.05, 0.1) is 6.54 Å². The Morgan fingerprint density at radius 2 is 2.05 bits per heavy atom. The van der Waals surface area contributed by atoms with E-state index in [0.717, 1.165) is 4.90 Å². The van der Waals surface area contributed by atoms with E-state index in [1.54, 1.807) is 0 Å². The summed E-state index contributed by atoms with van der Waals surface area (Å²) in [5, 5.41) is 5.27. The van der Waals surface area contributed by atoms with E-state index in [-0.39, 0.29) is 30.9 Å². The highest BCUT2D eigenvalue weighted by atomic mass is 16.2. The van der Waals surface area contributed by atoms with Crippen LogP contribution in [0.25, 0.3) is 0 Å². The van der Waals surface area contributed by atoms with Crippen LogP contribution >= 0.6 is 0 Å². The quantitative estimate of drug-likeness (QED) is 0.724. The molecular formula is C15H25N3O3. The first kappa shape index (κ1) is 15.8. The van der Waals surface area contributed by atoms with E-state index in [0.29, 0.717) is 24.8 Å². The van der Waals surface area contributed by atoms with Gasteiger partial charge in [0, 0.05) is 19.5 Å². The first-order chi connectivity index (χ1) is 10.1. The second-order valence-electron chi connectivity index (χ2n) is 6.13. The molecule has 1 aliphatic heterocycles. The van der Waals surface area contributed by atoms with Gasteiger partial charge in [-0.1, -0.05) is 39.0 Å². The van der Waals surface area contributed by atoms with Crippen LogP contribution in [0.3, 0.4) is 0 Å². The molecule has 1 unspecified atom stereocenters. The van der Waals surface area contributed by atoms with Crippen molar-refractivity contribution in [2.24, 2.45) is 11.8 Å². The molecule has 0 aromatic rings. The summed E-state index contributed by atoms with van der Waals surface area (Å²) >= 11 is 0. The van der Waals surface area contributed by atoms with E-state index in [1.807, 2.05) is 0 Å². The lowest BCUT2D eigenvalue weighted by Crippen LogP contribution is -2.39. The van der Waals surface area contributed by atoms with Crippen LogP contribution in [-0.2, 0) is 9.59 Å². The Hall–Kier alpha value is -1.59. The lowest BCUT2D eigenvalue weighted by Gasteiger charge is -2.27. The number of amides is 4. The number of imide groups is 1. The van der Waals surface area contributed by atoms with Gasteiger partial charge in [-0.25, -0.2) is 4.79 Å². The first-order valence-corrected chi connectivity index (χ1v) is 7.93. The summed E-state index contributed by atoms with van der Waals surface area (Å²) in [6.07, 6.45) is 6.88. The van der Waals surface area contributed by atoms with E-state index in [9.17, 15) is 14.4 Å². The van der Waals surface area contributed by atoms with Crippen molar-refractivity contribution in [1.29, 1.82) is 0 Å². The summed E-state index contributed by atoms with van der Waals surface area (Å²) < 4.78 is 0. The monoisotopic (exact) mass is 295 g/mol. The SMILES string of the molecule is CC(CC(=O)NCCN1C(=O)CNC1=O)C1CCCCC1. The van der Waals surface area contributed by atoms with Gasteiger partial charge in [-0.15, -0.1) is 0 Å². The summed E-state index contributed by atoms with van der Waals surface area (Å²) in [5.74, 6) is 0.849. The molecule has 2 aliphatic rings. The summed E-state index contributed by atoms with van der Waals surface area (Å²) in [7, 11) is 0. The number of urea groups is 1. The van der Waals surface area contributed by atoms with E-state index < -0.39 is 0 Å². The predicted molar refractivity (Wildman–Crippen MR) is 78.5 cm³/mol. The molecule has 6 heteroatoms. The molecule has 0 bridgehead atoms. The molecule has 0 aromatic heterocycles. The fraction of sp³-hybridized carbons (Fsp3) is 0.800. The van der Waals surface area contributed by atoms with Crippen molar-refractivity contribution < 1.29 is 14.4 Å². The number of nitrogens with zero attached hydrogens (tertiary/aromatic N) is 1. The molecule has 6 nitrogen and oxygen atoms in total. The zero-order chi connectivity index (χ0) is 15.2. The highest BCUT2D eigenvalue weighted by Crippen LogP contribution is 2.31. The summed E-state index contributed by atoms with van der Waals surface area (Å²) in [5.41, 5.74) is 0. The van der Waals surface area contributed by atoms with Crippen molar-refractivity contribution >= 4 is 17.8 Å². The van der Waals surface area contributed by atoms with Gasteiger partial charge >= 0.3 is 6.03 Å². The summed E-state index contributed by atoms with van der Waals surface area (Å²) in [4.78, 5) is 35.8. The molecule has 1 saturated heterocycles. The first-order valence-electron chi connectivity index (χ1n) is 7.93. The molecule has 118 valence electrons. The largest absolute Gasteiger partial charge is 0.354 e. The zero-order valence-electron chi connectivity index (χ0n) is 12.7. The minimum absolute atomic E-state index is 0.0140. The molecule has 21 heavy (non-hydrogen) atoms. The van der Waals surface area contributed by atoms with Gasteiger partial charge < -0.3 is 10.6 Å². The smallest absolute Gasteiger partial charge is 0.324 e. The van der Waals surface area contributed by atoms with E-state index in [4.69, 9.17) is 0 Å². The maximum atomic E-state index is 11.9. The molecule has 2 fully saturated rings. The Labute approximate surface area is 125 Å². The fourth-order valence-corrected chi connectivity index (χ4v) is 3.22. The molecule has 0 aromatic carbocycles. The average molecular weight is 295 g/mol. The van der Waals surface area contributed by atoms with Crippen LogP contribution in [0.2, 0.25) is 0 Å². The van der Waals surface area contributed by atoms with Crippen LogP contribution in [0.1, 0.15) is 45.4 Å². The normalized spacial score (nSPS) is 21.3. The van der Waals surface area contributed by atoms with Crippen molar-refractivity contribution in [3.8, 4) is 0 Å². The van der Waals surface area contributed by atoms with Gasteiger partial charge in [0.1, 0.15) is 0 Å². The Bertz CT molecular complexity index is 389. The third kappa shape index (κ3) is 4.44. The molecule has 1 heterocycles. The van der Waals surface area contributed by atoms with Crippen LogP contribution < -0.4 is 10.6 Å². The molecule has 1 saturated carbocycles. The van der Waals surface area contributed by atoms with Crippen LogP contribution in [0.15, 0.2) is 0 Å². The van der Waals surface area contributed by atoms with Gasteiger partial charge in [0.25, 0.3) is 0 Å². The summed E-state index contributed by atoms with van der Waals surface area (Å²) in [6, 6.07) is -0.371. The number of rotatable bonds is 6. The van der Waals surface area contributed by atoms with Crippen LogP contribution in [0, 0.1) is 11.8 Å². The zero-order valence-corrected chi connectivity index (χ0v) is 12.7. The van der Waals surface area contributed by atoms with Crippen LogP contribution in [0.5, 0.6) is 0 Å². The minimum atomic E-state index is -0.371. The fourth-order valence-electron chi connectivity index (χ4n) is 3.22. The number of carbonyl (C=O) groups excluding carboxylic acids is 3. The Morgan fingerprint density at radius 3 is 2.67 bits per heavy atom. The number of carbonyl (C=O) groups is 3. The molecular weight excluding hydrogens is 270 g/mol. The lowest BCUT2D eigenvalue weighted by atomic mass is 9.79. The third-order valence-electron chi connectivity index (χ3n) is 4.56. The average Bonchev–Trinajstić information content (AvgIpc) is 2.80. The standard InChI is InChI=1S/C15H25N3O3/c1-11(12-5-3-2-4-6-12)9-13(19)16-7-8-18-14(20)10-17-15(18)21/h11-12H,2-10H2,1H3,(H,16,19)(H,17,21). The predicted octanol–water partition coefficient (Wildman–Crippen LogP) is 1.26. The Kier molecular flexibility index (Phi) is 5.59. The number of hydrogen-bond acceptors (Lipinski definition) is 3. The molecule has 4 amide bonds. The molecule has 2 N–H and O–H groups in total. The van der Waals surface area contributed by atoms with Crippen LogP contribution in [-0.4, -0.2) is 42.4 Å². The summed E-state index contributed by atoms with van der Waals surface area (Å²) in [6.45, 7) is 2.78. The van der Waals surface area contributed by atoms with Crippen molar-refractivity contribution in [1.82, 2.24) is 15.5 Å². The van der Waals surface area contributed by atoms with Crippen molar-refractivity contribution in [3.63, 3.8) is 0 Å². The molecule has 0 radical (unpaired) electrons. The van der Waals surface area contributed by atoms with Crippen molar-refractivity contribution in [2.45, 2.75) is 45.4 Å². The maximum Gasteiger partial charge on any atom is 0.324 e. The highest BCUT2D eigenvalue weighted by molar-refractivity contribution is 6.01. The van der Waals surface area contributed by atoms with Gasteiger partial charge in [-0.05, 0) is 11.8 Å². The second kappa shape index (κ2) is 7.43. The van der Waals surface area contributed by atoms with Gasteiger partial charge in [0.15, 0.2) is 0 Å². The molecule has 2 rings (SSSR count).